The summed E-state index contributed by atoms with van der Waals surface area (Å²) in [5.74, 6) is 0.138. The Labute approximate surface area is 151 Å². The summed E-state index contributed by atoms with van der Waals surface area (Å²) in [5, 5.41) is 11.5. The molecule has 0 aliphatic rings. The van der Waals surface area contributed by atoms with Crippen molar-refractivity contribution in [3.05, 3.63) is 70.5 Å². The molecule has 1 unspecified atom stereocenters. The van der Waals surface area contributed by atoms with Crippen molar-refractivity contribution in [1.82, 2.24) is 20.3 Å². The lowest BCUT2D eigenvalue weighted by Gasteiger charge is -2.23. The van der Waals surface area contributed by atoms with Crippen LogP contribution in [0.5, 0.6) is 0 Å². The van der Waals surface area contributed by atoms with Crippen molar-refractivity contribution in [1.29, 1.82) is 0 Å². The predicted octanol–water partition coefficient (Wildman–Crippen LogP) is 2.70. The van der Waals surface area contributed by atoms with E-state index in [1.54, 1.807) is 18.2 Å². The van der Waals surface area contributed by atoms with Crippen LogP contribution in [0.1, 0.15) is 31.9 Å². The third kappa shape index (κ3) is 3.96. The van der Waals surface area contributed by atoms with Gasteiger partial charge in [-0.1, -0.05) is 61.5 Å². The number of amides is 1. The van der Waals surface area contributed by atoms with Crippen LogP contribution < -0.4 is 10.9 Å². The molecule has 1 aromatic heterocycles. The number of nitrogens with one attached hydrogen (secondary N) is 1. The fourth-order valence-corrected chi connectivity index (χ4v) is 2.92. The summed E-state index contributed by atoms with van der Waals surface area (Å²) in [7, 11) is 0. The second kappa shape index (κ2) is 7.91. The van der Waals surface area contributed by atoms with E-state index in [-0.39, 0.29) is 36.4 Å². The van der Waals surface area contributed by atoms with Crippen molar-refractivity contribution < 1.29 is 4.79 Å². The second-order valence-electron chi connectivity index (χ2n) is 6.58. The lowest BCUT2D eigenvalue weighted by Crippen LogP contribution is -2.33. The maximum atomic E-state index is 12.4. The first kappa shape index (κ1) is 17.8. The fourth-order valence-electron chi connectivity index (χ4n) is 2.92. The molecule has 1 heterocycles. The Morgan fingerprint density at radius 3 is 2.50 bits per heavy atom. The number of nitrogens with zero attached hydrogens (tertiary/aromatic N) is 3. The van der Waals surface area contributed by atoms with Gasteiger partial charge in [0.1, 0.15) is 5.52 Å². The summed E-state index contributed by atoms with van der Waals surface area (Å²) in [6.07, 6.45) is 0.170. The van der Waals surface area contributed by atoms with E-state index in [9.17, 15) is 9.59 Å². The molecular weight excluding hydrogens is 328 g/mol. The highest BCUT2D eigenvalue weighted by molar-refractivity contribution is 5.77. The minimum absolute atomic E-state index is 0.0666. The number of carbonyl (C=O) groups is 1. The van der Waals surface area contributed by atoms with Gasteiger partial charge in [-0.05, 0) is 23.6 Å². The standard InChI is InChI=1S/C20H22N4O2/c1-14(2)19(15-8-4-3-5-9-15)21-18(25)12-13-24-20(26)16-10-6-7-11-17(16)22-23-24/h3-11,14,19H,12-13H2,1-2H3,(H,21,25). The average Bonchev–Trinajstić information content (AvgIpc) is 2.66. The minimum Gasteiger partial charge on any atom is -0.349 e. The Bertz CT molecular complexity index is 951. The number of aryl methyl sites for hydroxylation is 1. The van der Waals surface area contributed by atoms with E-state index in [0.29, 0.717) is 10.9 Å². The van der Waals surface area contributed by atoms with E-state index in [2.05, 4.69) is 29.5 Å². The van der Waals surface area contributed by atoms with Gasteiger partial charge in [0.15, 0.2) is 0 Å². The van der Waals surface area contributed by atoms with Gasteiger partial charge in [0.2, 0.25) is 5.91 Å². The number of carbonyl (C=O) groups excluding carboxylic acids is 1. The molecule has 2 aromatic carbocycles. The average molecular weight is 350 g/mol. The van der Waals surface area contributed by atoms with Gasteiger partial charge < -0.3 is 5.32 Å². The van der Waals surface area contributed by atoms with Crippen molar-refractivity contribution in [3.63, 3.8) is 0 Å². The van der Waals surface area contributed by atoms with Crippen LogP contribution in [-0.4, -0.2) is 20.9 Å². The van der Waals surface area contributed by atoms with Crippen LogP contribution in [0.25, 0.3) is 10.9 Å². The monoisotopic (exact) mass is 350 g/mol. The van der Waals surface area contributed by atoms with Crippen LogP contribution in [-0.2, 0) is 11.3 Å². The molecule has 1 atom stereocenters. The smallest absolute Gasteiger partial charge is 0.277 e. The molecule has 0 aliphatic heterocycles. The van der Waals surface area contributed by atoms with E-state index in [1.165, 1.54) is 4.68 Å². The predicted molar refractivity (Wildman–Crippen MR) is 101 cm³/mol. The van der Waals surface area contributed by atoms with Crippen molar-refractivity contribution in [2.45, 2.75) is 32.9 Å². The lowest BCUT2D eigenvalue weighted by atomic mass is 9.96. The maximum absolute atomic E-state index is 12.4. The molecule has 3 aromatic rings. The first-order valence-corrected chi connectivity index (χ1v) is 8.73. The van der Waals surface area contributed by atoms with Gasteiger partial charge in [0.25, 0.3) is 5.56 Å². The van der Waals surface area contributed by atoms with Crippen LogP contribution in [0.15, 0.2) is 59.4 Å². The van der Waals surface area contributed by atoms with Gasteiger partial charge in [-0.15, -0.1) is 5.10 Å². The molecule has 134 valence electrons. The van der Waals surface area contributed by atoms with Crippen LogP contribution in [0.2, 0.25) is 0 Å². The zero-order valence-electron chi connectivity index (χ0n) is 14.9. The zero-order chi connectivity index (χ0) is 18.5. The van der Waals surface area contributed by atoms with Gasteiger partial charge in [-0.25, -0.2) is 4.68 Å². The molecular formula is C20H22N4O2. The van der Waals surface area contributed by atoms with Gasteiger partial charge in [-0.3, -0.25) is 9.59 Å². The Kier molecular flexibility index (Phi) is 5.41. The zero-order valence-corrected chi connectivity index (χ0v) is 14.9. The van der Waals surface area contributed by atoms with E-state index in [0.717, 1.165) is 5.56 Å². The van der Waals surface area contributed by atoms with Crippen LogP contribution in [0.4, 0.5) is 0 Å². The number of aromatic nitrogens is 3. The SMILES string of the molecule is CC(C)C(NC(=O)CCn1nnc2ccccc2c1=O)c1ccccc1. The van der Waals surface area contributed by atoms with Crippen molar-refractivity contribution in [2.75, 3.05) is 0 Å². The number of rotatable bonds is 6. The molecule has 3 rings (SSSR count). The Hall–Kier alpha value is -3.02. The highest BCUT2D eigenvalue weighted by Gasteiger charge is 2.18. The molecule has 0 aliphatic carbocycles. The second-order valence-corrected chi connectivity index (χ2v) is 6.58. The molecule has 26 heavy (non-hydrogen) atoms. The molecule has 0 bridgehead atoms. The van der Waals surface area contributed by atoms with Crippen LogP contribution in [0.3, 0.4) is 0 Å². The highest BCUT2D eigenvalue weighted by atomic mass is 16.2. The van der Waals surface area contributed by atoms with Gasteiger partial charge in [0.05, 0.1) is 18.0 Å². The molecule has 0 fully saturated rings. The van der Waals surface area contributed by atoms with Gasteiger partial charge in [0, 0.05) is 6.42 Å². The third-order valence-corrected chi connectivity index (χ3v) is 4.32. The summed E-state index contributed by atoms with van der Waals surface area (Å²) < 4.78 is 1.24. The van der Waals surface area contributed by atoms with E-state index in [4.69, 9.17) is 0 Å². The first-order valence-electron chi connectivity index (χ1n) is 8.73. The molecule has 1 amide bonds. The molecule has 0 spiro atoms. The van der Waals surface area contributed by atoms with Crippen molar-refractivity contribution in [2.24, 2.45) is 5.92 Å². The quantitative estimate of drug-likeness (QED) is 0.741. The summed E-state index contributed by atoms with van der Waals surface area (Å²) in [5.41, 5.74) is 1.40. The topological polar surface area (TPSA) is 76.9 Å². The number of hydrogen-bond acceptors (Lipinski definition) is 4. The molecule has 0 radical (unpaired) electrons. The Morgan fingerprint density at radius 2 is 1.77 bits per heavy atom. The normalized spacial score (nSPS) is 12.3. The molecule has 0 saturated carbocycles. The van der Waals surface area contributed by atoms with E-state index >= 15 is 0 Å². The summed E-state index contributed by atoms with van der Waals surface area (Å²) in [6, 6.07) is 16.9. The first-order chi connectivity index (χ1) is 12.6. The molecule has 6 nitrogen and oxygen atoms in total. The fraction of sp³-hybridized carbons (Fsp3) is 0.300. The number of hydrogen-bond donors (Lipinski definition) is 1. The van der Waals surface area contributed by atoms with Crippen molar-refractivity contribution in [3.8, 4) is 0 Å². The molecule has 6 heteroatoms. The summed E-state index contributed by atoms with van der Waals surface area (Å²) in [6.45, 7) is 4.33. The summed E-state index contributed by atoms with van der Waals surface area (Å²) in [4.78, 5) is 24.8. The van der Waals surface area contributed by atoms with Crippen molar-refractivity contribution >= 4 is 16.8 Å². The van der Waals surface area contributed by atoms with E-state index < -0.39 is 0 Å². The number of fused-ring (bicyclic) bond motifs is 1. The largest absolute Gasteiger partial charge is 0.349 e. The van der Waals surface area contributed by atoms with E-state index in [1.807, 2.05) is 36.4 Å². The van der Waals surface area contributed by atoms with Crippen LogP contribution >= 0.6 is 0 Å². The van der Waals surface area contributed by atoms with Gasteiger partial charge >= 0.3 is 0 Å². The summed E-state index contributed by atoms with van der Waals surface area (Å²) >= 11 is 0. The number of benzene rings is 2. The highest BCUT2D eigenvalue weighted by Crippen LogP contribution is 2.21. The lowest BCUT2D eigenvalue weighted by molar-refractivity contribution is -0.122. The van der Waals surface area contributed by atoms with Gasteiger partial charge in [-0.2, -0.15) is 0 Å². The Balaban J connectivity index is 1.69. The van der Waals surface area contributed by atoms with Crippen LogP contribution in [0, 0.1) is 5.92 Å². The third-order valence-electron chi connectivity index (χ3n) is 4.32. The maximum Gasteiger partial charge on any atom is 0.277 e. The molecule has 1 N–H and O–H groups in total. The Morgan fingerprint density at radius 1 is 1.08 bits per heavy atom. The molecule has 0 saturated heterocycles. The minimum atomic E-state index is -0.230.